The Bertz CT molecular complexity index is 161. The van der Waals surface area contributed by atoms with Gasteiger partial charge in [-0.15, -0.1) is 0 Å². The Morgan fingerprint density at radius 2 is 1.93 bits per heavy atom. The average molecular weight is 220 g/mol. The molecule has 0 aromatic carbocycles. The van der Waals surface area contributed by atoms with Gasteiger partial charge in [-0.1, -0.05) is 13.8 Å². The van der Waals surface area contributed by atoms with Gasteiger partial charge in [0.15, 0.2) is 0 Å². The van der Waals surface area contributed by atoms with Gasteiger partial charge in [0.25, 0.3) is 0 Å². The SMILES string of the molecule is CCC(C)(CC(C)O)OOCC(C)CO. The number of aliphatic hydroxyl groups is 2. The minimum atomic E-state index is -0.455. The molecule has 0 aliphatic rings. The fourth-order valence-electron chi connectivity index (χ4n) is 1.21. The van der Waals surface area contributed by atoms with Crippen LogP contribution in [-0.4, -0.2) is 35.1 Å². The maximum absolute atomic E-state index is 9.30. The minimum Gasteiger partial charge on any atom is -0.396 e. The molecule has 0 aromatic rings. The van der Waals surface area contributed by atoms with Gasteiger partial charge < -0.3 is 10.2 Å². The van der Waals surface area contributed by atoms with Gasteiger partial charge in [-0.2, -0.15) is 0 Å². The van der Waals surface area contributed by atoms with Crippen LogP contribution in [0.1, 0.15) is 40.5 Å². The zero-order valence-electron chi connectivity index (χ0n) is 10.2. The molecule has 0 aliphatic carbocycles. The van der Waals surface area contributed by atoms with Crippen molar-refractivity contribution in [1.29, 1.82) is 0 Å². The molecular weight excluding hydrogens is 196 g/mol. The standard InChI is InChI=1S/C11H24O4/c1-5-11(4,6-10(3)13)15-14-8-9(2)7-12/h9-10,12-13H,5-8H2,1-4H3. The van der Waals surface area contributed by atoms with Gasteiger partial charge in [-0.3, -0.25) is 0 Å². The lowest BCUT2D eigenvalue weighted by atomic mass is 9.96. The van der Waals surface area contributed by atoms with Gasteiger partial charge >= 0.3 is 0 Å². The summed E-state index contributed by atoms with van der Waals surface area (Å²) in [7, 11) is 0. The van der Waals surface area contributed by atoms with Crippen LogP contribution >= 0.6 is 0 Å². The Morgan fingerprint density at radius 3 is 2.33 bits per heavy atom. The molecule has 0 bridgehead atoms. The van der Waals surface area contributed by atoms with E-state index in [0.717, 1.165) is 6.42 Å². The van der Waals surface area contributed by atoms with Crippen LogP contribution in [0, 0.1) is 5.92 Å². The van der Waals surface area contributed by atoms with Crippen LogP contribution in [0.5, 0.6) is 0 Å². The summed E-state index contributed by atoms with van der Waals surface area (Å²) in [5.74, 6) is 0.0673. The van der Waals surface area contributed by atoms with E-state index in [1.807, 2.05) is 20.8 Å². The van der Waals surface area contributed by atoms with Gasteiger partial charge in [0.1, 0.15) is 5.60 Å². The van der Waals surface area contributed by atoms with Gasteiger partial charge in [0, 0.05) is 18.9 Å². The molecule has 2 N–H and O–H groups in total. The van der Waals surface area contributed by atoms with Gasteiger partial charge in [0.2, 0.25) is 0 Å². The second kappa shape index (κ2) is 7.17. The van der Waals surface area contributed by atoms with Crippen LogP contribution in [-0.2, 0) is 9.78 Å². The van der Waals surface area contributed by atoms with Crippen LogP contribution in [0.4, 0.5) is 0 Å². The highest BCUT2D eigenvalue weighted by Crippen LogP contribution is 2.22. The van der Waals surface area contributed by atoms with Crippen LogP contribution in [0.25, 0.3) is 0 Å². The molecule has 15 heavy (non-hydrogen) atoms. The van der Waals surface area contributed by atoms with Crippen molar-refractivity contribution in [1.82, 2.24) is 0 Å². The molecule has 4 heteroatoms. The average Bonchev–Trinajstić information content (AvgIpc) is 2.16. The highest BCUT2D eigenvalue weighted by Gasteiger charge is 2.26. The van der Waals surface area contributed by atoms with Crippen molar-refractivity contribution in [3.63, 3.8) is 0 Å². The van der Waals surface area contributed by atoms with Crippen molar-refractivity contribution in [2.45, 2.75) is 52.2 Å². The molecule has 3 unspecified atom stereocenters. The lowest BCUT2D eigenvalue weighted by molar-refractivity contribution is -0.366. The van der Waals surface area contributed by atoms with Gasteiger partial charge in [-0.05, 0) is 20.3 Å². The zero-order chi connectivity index (χ0) is 11.9. The third-order valence-electron chi connectivity index (χ3n) is 2.40. The molecule has 0 heterocycles. The van der Waals surface area contributed by atoms with Crippen molar-refractivity contribution >= 4 is 0 Å². The molecule has 0 aliphatic heterocycles. The molecule has 92 valence electrons. The summed E-state index contributed by atoms with van der Waals surface area (Å²) in [6.45, 7) is 7.95. The van der Waals surface area contributed by atoms with E-state index in [0.29, 0.717) is 13.0 Å². The molecule has 4 nitrogen and oxygen atoms in total. The Morgan fingerprint density at radius 1 is 1.33 bits per heavy atom. The molecule has 0 amide bonds. The molecule has 3 atom stereocenters. The lowest BCUT2D eigenvalue weighted by Gasteiger charge is -2.28. The first-order valence-corrected chi connectivity index (χ1v) is 5.53. The van der Waals surface area contributed by atoms with Crippen molar-refractivity contribution in [2.24, 2.45) is 5.92 Å². The molecule has 0 saturated heterocycles. The first kappa shape index (κ1) is 14.8. The Labute approximate surface area is 92.1 Å². The molecule has 0 saturated carbocycles. The number of rotatable bonds is 8. The third-order valence-corrected chi connectivity index (χ3v) is 2.40. The number of aliphatic hydroxyl groups excluding tert-OH is 2. The second-order valence-corrected chi connectivity index (χ2v) is 4.51. The van der Waals surface area contributed by atoms with Crippen molar-refractivity contribution < 1.29 is 20.0 Å². The van der Waals surface area contributed by atoms with Crippen molar-refractivity contribution in [3.8, 4) is 0 Å². The predicted octanol–water partition coefficient (Wildman–Crippen LogP) is 1.50. The second-order valence-electron chi connectivity index (χ2n) is 4.51. The third kappa shape index (κ3) is 6.84. The first-order valence-electron chi connectivity index (χ1n) is 5.53. The summed E-state index contributed by atoms with van der Waals surface area (Å²) in [5, 5.41) is 18.1. The van der Waals surface area contributed by atoms with Crippen LogP contribution < -0.4 is 0 Å². The number of hydrogen-bond donors (Lipinski definition) is 2. The molecule has 0 spiro atoms. The summed E-state index contributed by atoms with van der Waals surface area (Å²) in [6.07, 6.45) is 0.899. The summed E-state index contributed by atoms with van der Waals surface area (Å²) in [6, 6.07) is 0. The molecular formula is C11H24O4. The van der Waals surface area contributed by atoms with E-state index in [-0.39, 0.29) is 12.5 Å². The summed E-state index contributed by atoms with van der Waals surface area (Å²) in [5.41, 5.74) is -0.455. The maximum atomic E-state index is 9.30. The van der Waals surface area contributed by atoms with E-state index < -0.39 is 11.7 Å². The smallest absolute Gasteiger partial charge is 0.103 e. The van der Waals surface area contributed by atoms with E-state index in [1.54, 1.807) is 6.92 Å². The zero-order valence-corrected chi connectivity index (χ0v) is 10.2. The van der Waals surface area contributed by atoms with E-state index in [9.17, 15) is 5.11 Å². The molecule has 0 rings (SSSR count). The predicted molar refractivity (Wildman–Crippen MR) is 58.3 cm³/mol. The van der Waals surface area contributed by atoms with Gasteiger partial charge in [0.05, 0.1) is 12.7 Å². The fraction of sp³-hybridized carbons (Fsp3) is 1.00. The Hall–Kier alpha value is -0.160. The summed E-state index contributed by atoms with van der Waals surface area (Å²) < 4.78 is 0. The maximum Gasteiger partial charge on any atom is 0.103 e. The topological polar surface area (TPSA) is 58.9 Å². The quantitative estimate of drug-likeness (QED) is 0.481. The van der Waals surface area contributed by atoms with E-state index in [4.69, 9.17) is 14.9 Å². The highest BCUT2D eigenvalue weighted by atomic mass is 17.2. The van der Waals surface area contributed by atoms with Gasteiger partial charge in [-0.25, -0.2) is 9.78 Å². The first-order chi connectivity index (χ1) is 6.93. The Kier molecular flexibility index (Phi) is 7.09. The molecule has 0 fully saturated rings. The molecule has 0 aromatic heterocycles. The lowest BCUT2D eigenvalue weighted by Crippen LogP contribution is -2.32. The largest absolute Gasteiger partial charge is 0.396 e. The van der Waals surface area contributed by atoms with E-state index in [2.05, 4.69) is 0 Å². The highest BCUT2D eigenvalue weighted by molar-refractivity contribution is 4.74. The normalized spacial score (nSPS) is 19.6. The van der Waals surface area contributed by atoms with Crippen LogP contribution in [0.2, 0.25) is 0 Å². The molecule has 0 radical (unpaired) electrons. The fourth-order valence-corrected chi connectivity index (χ4v) is 1.21. The minimum absolute atomic E-state index is 0.0673. The van der Waals surface area contributed by atoms with E-state index >= 15 is 0 Å². The van der Waals surface area contributed by atoms with Crippen molar-refractivity contribution in [3.05, 3.63) is 0 Å². The summed E-state index contributed by atoms with van der Waals surface area (Å²) >= 11 is 0. The summed E-state index contributed by atoms with van der Waals surface area (Å²) in [4.78, 5) is 10.4. The monoisotopic (exact) mass is 220 g/mol. The van der Waals surface area contributed by atoms with E-state index in [1.165, 1.54) is 0 Å². The van der Waals surface area contributed by atoms with Crippen molar-refractivity contribution in [2.75, 3.05) is 13.2 Å². The number of hydrogen-bond acceptors (Lipinski definition) is 4. The van der Waals surface area contributed by atoms with Crippen LogP contribution in [0.15, 0.2) is 0 Å². The van der Waals surface area contributed by atoms with Crippen LogP contribution in [0.3, 0.4) is 0 Å². The Balaban J connectivity index is 3.87.